The van der Waals surface area contributed by atoms with E-state index in [0.717, 1.165) is 0 Å². The van der Waals surface area contributed by atoms with Crippen molar-refractivity contribution in [2.75, 3.05) is 0 Å². The molecular formula is C12H7F3NO. The van der Waals surface area contributed by atoms with Gasteiger partial charge in [0.25, 0.3) is 0 Å². The van der Waals surface area contributed by atoms with Gasteiger partial charge in [-0.2, -0.15) is 0 Å². The van der Waals surface area contributed by atoms with Crippen molar-refractivity contribution in [1.29, 1.82) is 0 Å². The quantitative estimate of drug-likeness (QED) is 0.799. The number of halogens is 3. The lowest BCUT2D eigenvalue weighted by atomic mass is 10.1. The van der Waals surface area contributed by atoms with E-state index in [0.29, 0.717) is 11.3 Å². The third kappa shape index (κ3) is 3.21. The number of alkyl halides is 3. The average molecular weight is 238 g/mol. The minimum atomic E-state index is -4.67. The highest BCUT2D eigenvalue weighted by atomic mass is 19.4. The molecule has 0 spiro atoms. The van der Waals surface area contributed by atoms with Gasteiger partial charge < -0.3 is 4.74 Å². The highest BCUT2D eigenvalue weighted by molar-refractivity contribution is 5.59. The molecule has 1 heterocycles. The van der Waals surface area contributed by atoms with Crippen LogP contribution in [0.15, 0.2) is 42.6 Å². The normalized spacial score (nSPS) is 11.2. The van der Waals surface area contributed by atoms with Crippen LogP contribution in [0.25, 0.3) is 11.3 Å². The second kappa shape index (κ2) is 4.45. The zero-order valence-corrected chi connectivity index (χ0v) is 8.53. The SMILES string of the molecule is FC(F)(F)Oc1ccc(-c2[c]cccn2)cc1. The van der Waals surface area contributed by atoms with Crippen LogP contribution in [-0.2, 0) is 0 Å². The zero-order chi connectivity index (χ0) is 12.3. The van der Waals surface area contributed by atoms with Gasteiger partial charge in [-0.3, -0.25) is 4.98 Å². The average Bonchev–Trinajstić information content (AvgIpc) is 2.29. The van der Waals surface area contributed by atoms with E-state index < -0.39 is 6.36 Å². The van der Waals surface area contributed by atoms with Crippen molar-refractivity contribution in [3.63, 3.8) is 0 Å². The lowest BCUT2D eigenvalue weighted by molar-refractivity contribution is -0.274. The molecule has 0 bridgehead atoms. The van der Waals surface area contributed by atoms with Gasteiger partial charge in [-0.1, -0.05) is 6.07 Å². The molecule has 1 aromatic heterocycles. The van der Waals surface area contributed by atoms with Gasteiger partial charge in [0.1, 0.15) is 5.75 Å². The van der Waals surface area contributed by atoms with Gasteiger partial charge in [0.15, 0.2) is 0 Å². The molecule has 0 aliphatic heterocycles. The first kappa shape index (κ1) is 11.4. The summed E-state index contributed by atoms with van der Waals surface area (Å²) in [6.07, 6.45) is -3.08. The van der Waals surface area contributed by atoms with E-state index in [1.807, 2.05) is 0 Å². The van der Waals surface area contributed by atoms with Crippen molar-refractivity contribution in [3.8, 4) is 17.0 Å². The maximum Gasteiger partial charge on any atom is 0.573 e. The molecule has 2 nitrogen and oxygen atoms in total. The van der Waals surface area contributed by atoms with Crippen LogP contribution < -0.4 is 4.74 Å². The molecule has 0 aliphatic rings. The molecule has 0 N–H and O–H groups in total. The van der Waals surface area contributed by atoms with Crippen LogP contribution in [0.5, 0.6) is 5.75 Å². The standard InChI is InChI=1S/C12H7F3NO/c13-12(14,15)17-10-6-4-9(5-7-10)11-3-1-2-8-16-11/h1-2,4-8H. The molecule has 0 saturated heterocycles. The summed E-state index contributed by atoms with van der Waals surface area (Å²) in [4.78, 5) is 4.03. The summed E-state index contributed by atoms with van der Waals surface area (Å²) in [7, 11) is 0. The fraction of sp³-hybridized carbons (Fsp3) is 0.0833. The topological polar surface area (TPSA) is 22.1 Å². The Morgan fingerprint density at radius 3 is 2.35 bits per heavy atom. The Labute approximate surface area is 95.7 Å². The van der Waals surface area contributed by atoms with E-state index in [-0.39, 0.29) is 5.75 Å². The maximum atomic E-state index is 11.9. The fourth-order valence-corrected chi connectivity index (χ4v) is 1.30. The number of ether oxygens (including phenoxy) is 1. The van der Waals surface area contributed by atoms with Gasteiger partial charge in [0, 0.05) is 17.8 Å². The van der Waals surface area contributed by atoms with Gasteiger partial charge >= 0.3 is 6.36 Å². The Bertz CT molecular complexity index is 479. The van der Waals surface area contributed by atoms with Crippen LogP contribution in [0.2, 0.25) is 0 Å². The highest BCUT2D eigenvalue weighted by Gasteiger charge is 2.30. The number of hydrogen-bond acceptors (Lipinski definition) is 2. The van der Waals surface area contributed by atoms with Crippen LogP contribution in [-0.4, -0.2) is 11.3 Å². The van der Waals surface area contributed by atoms with Crippen molar-refractivity contribution in [2.45, 2.75) is 6.36 Å². The monoisotopic (exact) mass is 238 g/mol. The second-order valence-corrected chi connectivity index (χ2v) is 3.20. The van der Waals surface area contributed by atoms with E-state index in [4.69, 9.17) is 0 Å². The Kier molecular flexibility index (Phi) is 2.99. The molecule has 0 saturated carbocycles. The largest absolute Gasteiger partial charge is 0.573 e. The molecule has 0 atom stereocenters. The minimum Gasteiger partial charge on any atom is -0.406 e. The Morgan fingerprint density at radius 2 is 1.82 bits per heavy atom. The van der Waals surface area contributed by atoms with Gasteiger partial charge in [-0.15, -0.1) is 13.2 Å². The number of rotatable bonds is 2. The first-order valence-electron chi connectivity index (χ1n) is 4.73. The lowest BCUT2D eigenvalue weighted by Gasteiger charge is -2.08. The second-order valence-electron chi connectivity index (χ2n) is 3.20. The third-order valence-corrected chi connectivity index (χ3v) is 1.97. The maximum absolute atomic E-state index is 11.9. The van der Waals surface area contributed by atoms with Crippen LogP contribution in [0, 0.1) is 6.07 Å². The predicted molar refractivity (Wildman–Crippen MR) is 55.2 cm³/mol. The molecule has 2 rings (SSSR count). The van der Waals surface area contributed by atoms with Crippen LogP contribution in [0.4, 0.5) is 13.2 Å². The van der Waals surface area contributed by atoms with Crippen LogP contribution in [0.1, 0.15) is 0 Å². The number of benzene rings is 1. The lowest BCUT2D eigenvalue weighted by Crippen LogP contribution is -2.16. The predicted octanol–water partition coefficient (Wildman–Crippen LogP) is 3.45. The molecule has 17 heavy (non-hydrogen) atoms. The molecule has 1 radical (unpaired) electrons. The summed E-state index contributed by atoms with van der Waals surface area (Å²) in [6.45, 7) is 0. The third-order valence-electron chi connectivity index (χ3n) is 1.97. The number of hydrogen-bond donors (Lipinski definition) is 0. The van der Waals surface area contributed by atoms with Gasteiger partial charge in [0.05, 0.1) is 5.69 Å². The summed E-state index contributed by atoms with van der Waals surface area (Å²) in [5, 5.41) is 0. The minimum absolute atomic E-state index is 0.253. The van der Waals surface area contributed by atoms with E-state index in [1.54, 1.807) is 18.3 Å². The molecule has 1 aromatic carbocycles. The zero-order valence-electron chi connectivity index (χ0n) is 8.53. The summed E-state index contributed by atoms with van der Waals surface area (Å²) < 4.78 is 39.5. The summed E-state index contributed by atoms with van der Waals surface area (Å²) in [5.41, 5.74) is 1.26. The van der Waals surface area contributed by atoms with Crippen molar-refractivity contribution < 1.29 is 17.9 Å². The van der Waals surface area contributed by atoms with Crippen LogP contribution in [0.3, 0.4) is 0 Å². The summed E-state index contributed by atoms with van der Waals surface area (Å²) >= 11 is 0. The number of nitrogens with zero attached hydrogens (tertiary/aromatic N) is 1. The summed E-state index contributed by atoms with van der Waals surface area (Å²) in [6, 6.07) is 11.8. The molecular weight excluding hydrogens is 231 g/mol. The first-order chi connectivity index (χ1) is 8.04. The fourth-order valence-electron chi connectivity index (χ4n) is 1.30. The van der Waals surface area contributed by atoms with E-state index >= 15 is 0 Å². The number of pyridine rings is 1. The van der Waals surface area contributed by atoms with Crippen LogP contribution >= 0.6 is 0 Å². The van der Waals surface area contributed by atoms with E-state index in [2.05, 4.69) is 15.8 Å². The smallest absolute Gasteiger partial charge is 0.406 e. The Balaban J connectivity index is 2.19. The molecule has 0 aliphatic carbocycles. The molecule has 0 amide bonds. The van der Waals surface area contributed by atoms with Crippen molar-refractivity contribution in [2.24, 2.45) is 0 Å². The first-order valence-corrected chi connectivity index (χ1v) is 4.73. The summed E-state index contributed by atoms with van der Waals surface area (Å²) in [5.74, 6) is -0.253. The molecule has 5 heteroatoms. The Morgan fingerprint density at radius 1 is 1.12 bits per heavy atom. The Hall–Kier alpha value is -2.04. The van der Waals surface area contributed by atoms with Crippen molar-refractivity contribution in [1.82, 2.24) is 4.98 Å². The van der Waals surface area contributed by atoms with E-state index in [1.165, 1.54) is 24.3 Å². The highest BCUT2D eigenvalue weighted by Crippen LogP contribution is 2.25. The molecule has 0 fully saturated rings. The van der Waals surface area contributed by atoms with Gasteiger partial charge in [0.2, 0.25) is 0 Å². The van der Waals surface area contributed by atoms with Gasteiger partial charge in [-0.05, 0) is 30.3 Å². The molecule has 0 unspecified atom stereocenters. The molecule has 87 valence electrons. The van der Waals surface area contributed by atoms with Gasteiger partial charge in [-0.25, -0.2) is 0 Å². The van der Waals surface area contributed by atoms with Crippen molar-refractivity contribution >= 4 is 0 Å². The van der Waals surface area contributed by atoms with E-state index in [9.17, 15) is 13.2 Å². The number of aromatic nitrogens is 1. The van der Waals surface area contributed by atoms with Crippen molar-refractivity contribution in [3.05, 3.63) is 48.7 Å². The molecule has 2 aromatic rings.